The Hall–Kier alpha value is -0.830. The van der Waals surface area contributed by atoms with E-state index in [1.165, 1.54) is 37.7 Å². The Bertz CT molecular complexity index is 540. The van der Waals surface area contributed by atoms with Crippen molar-refractivity contribution in [3.8, 4) is 0 Å². The van der Waals surface area contributed by atoms with Gasteiger partial charge in [-0.25, -0.2) is 4.98 Å². The molecular weight excluding hydrogens is 278 g/mol. The monoisotopic (exact) mass is 293 g/mol. The standard InChI is InChI=1S/C14H16BrNO/c1-9-7-11(15)13-12(8-9)16-14(17-13)10-5-3-2-4-6-10/h7-8,10H,2-6H2,1H3. The summed E-state index contributed by atoms with van der Waals surface area (Å²) in [4.78, 5) is 4.66. The molecule has 0 aliphatic heterocycles. The molecule has 0 N–H and O–H groups in total. The fraction of sp³-hybridized carbons (Fsp3) is 0.500. The number of fused-ring (bicyclic) bond motifs is 1. The molecule has 17 heavy (non-hydrogen) atoms. The van der Waals surface area contributed by atoms with Crippen molar-refractivity contribution in [3.05, 3.63) is 28.1 Å². The number of nitrogens with zero attached hydrogens (tertiary/aromatic N) is 1. The van der Waals surface area contributed by atoms with Crippen LogP contribution in [0.25, 0.3) is 11.1 Å². The van der Waals surface area contributed by atoms with Crippen LogP contribution in [-0.4, -0.2) is 4.98 Å². The first-order chi connectivity index (χ1) is 8.24. The lowest BCUT2D eigenvalue weighted by atomic mass is 9.89. The number of hydrogen-bond acceptors (Lipinski definition) is 2. The third-order valence-electron chi connectivity index (χ3n) is 3.56. The van der Waals surface area contributed by atoms with Gasteiger partial charge in [-0.2, -0.15) is 0 Å². The largest absolute Gasteiger partial charge is 0.439 e. The fourth-order valence-electron chi connectivity index (χ4n) is 2.66. The van der Waals surface area contributed by atoms with Crippen LogP contribution >= 0.6 is 15.9 Å². The summed E-state index contributed by atoms with van der Waals surface area (Å²) >= 11 is 3.55. The molecule has 1 aromatic heterocycles. The molecule has 1 heterocycles. The minimum Gasteiger partial charge on any atom is -0.439 e. The first kappa shape index (κ1) is 11.3. The molecule has 0 amide bonds. The quantitative estimate of drug-likeness (QED) is 0.744. The molecule has 90 valence electrons. The van der Waals surface area contributed by atoms with Crippen molar-refractivity contribution in [1.29, 1.82) is 0 Å². The van der Waals surface area contributed by atoms with Crippen molar-refractivity contribution in [2.45, 2.75) is 44.9 Å². The van der Waals surface area contributed by atoms with Gasteiger partial charge in [0.2, 0.25) is 0 Å². The molecule has 1 aromatic carbocycles. The van der Waals surface area contributed by atoms with Gasteiger partial charge in [-0.05, 0) is 53.4 Å². The maximum atomic E-state index is 5.94. The SMILES string of the molecule is Cc1cc(Br)c2oc(C3CCCCC3)nc2c1. The normalized spacial score (nSPS) is 17.8. The van der Waals surface area contributed by atoms with Crippen molar-refractivity contribution >= 4 is 27.0 Å². The molecule has 3 rings (SSSR count). The summed E-state index contributed by atoms with van der Waals surface area (Å²) in [5, 5.41) is 0. The lowest BCUT2D eigenvalue weighted by Gasteiger charge is -2.17. The molecular formula is C14H16BrNO. The van der Waals surface area contributed by atoms with Gasteiger partial charge in [0.1, 0.15) is 5.52 Å². The van der Waals surface area contributed by atoms with Crippen LogP contribution in [0.5, 0.6) is 0 Å². The van der Waals surface area contributed by atoms with Crippen molar-refractivity contribution in [2.75, 3.05) is 0 Å². The number of rotatable bonds is 1. The maximum absolute atomic E-state index is 5.94. The highest BCUT2D eigenvalue weighted by atomic mass is 79.9. The Kier molecular flexibility index (Phi) is 2.95. The highest BCUT2D eigenvalue weighted by molar-refractivity contribution is 9.10. The van der Waals surface area contributed by atoms with Crippen LogP contribution < -0.4 is 0 Å². The van der Waals surface area contributed by atoms with Crippen LogP contribution in [0.15, 0.2) is 21.0 Å². The van der Waals surface area contributed by atoms with Crippen LogP contribution in [0.1, 0.15) is 49.5 Å². The summed E-state index contributed by atoms with van der Waals surface area (Å²) in [5.41, 5.74) is 3.10. The number of aromatic nitrogens is 1. The Morgan fingerprint density at radius 3 is 2.76 bits per heavy atom. The van der Waals surface area contributed by atoms with Crippen LogP contribution in [-0.2, 0) is 0 Å². The van der Waals surface area contributed by atoms with Crippen LogP contribution in [0.4, 0.5) is 0 Å². The molecule has 0 saturated heterocycles. The average Bonchev–Trinajstić information content (AvgIpc) is 2.74. The van der Waals surface area contributed by atoms with Crippen LogP contribution in [0.3, 0.4) is 0 Å². The molecule has 1 aliphatic rings. The van der Waals surface area contributed by atoms with Gasteiger partial charge in [-0.15, -0.1) is 0 Å². The van der Waals surface area contributed by atoms with E-state index in [0.29, 0.717) is 5.92 Å². The third kappa shape index (κ3) is 2.13. The molecule has 2 aromatic rings. The summed E-state index contributed by atoms with van der Waals surface area (Å²) < 4.78 is 6.95. The lowest BCUT2D eigenvalue weighted by Crippen LogP contribution is -2.04. The Labute approximate surface area is 110 Å². The molecule has 0 spiro atoms. The van der Waals surface area contributed by atoms with E-state index in [4.69, 9.17) is 4.42 Å². The first-order valence-corrected chi connectivity index (χ1v) is 7.10. The Morgan fingerprint density at radius 1 is 1.24 bits per heavy atom. The maximum Gasteiger partial charge on any atom is 0.198 e. The van der Waals surface area contributed by atoms with Gasteiger partial charge in [0.05, 0.1) is 4.47 Å². The van der Waals surface area contributed by atoms with E-state index in [1.54, 1.807) is 0 Å². The molecule has 1 saturated carbocycles. The van der Waals surface area contributed by atoms with Gasteiger partial charge in [0.15, 0.2) is 11.5 Å². The minimum atomic E-state index is 0.531. The minimum absolute atomic E-state index is 0.531. The number of halogens is 1. The molecule has 0 bridgehead atoms. The highest BCUT2D eigenvalue weighted by Crippen LogP contribution is 2.35. The lowest BCUT2D eigenvalue weighted by molar-refractivity contribution is 0.373. The molecule has 2 nitrogen and oxygen atoms in total. The summed E-state index contributed by atoms with van der Waals surface area (Å²) in [7, 11) is 0. The van der Waals surface area contributed by atoms with Gasteiger partial charge >= 0.3 is 0 Å². The molecule has 0 atom stereocenters. The summed E-state index contributed by atoms with van der Waals surface area (Å²) in [6, 6.07) is 4.17. The average molecular weight is 294 g/mol. The Morgan fingerprint density at radius 2 is 2.00 bits per heavy atom. The zero-order chi connectivity index (χ0) is 11.8. The van der Waals surface area contributed by atoms with Gasteiger partial charge in [0.25, 0.3) is 0 Å². The van der Waals surface area contributed by atoms with E-state index in [-0.39, 0.29) is 0 Å². The van der Waals surface area contributed by atoms with Crippen LogP contribution in [0.2, 0.25) is 0 Å². The molecule has 3 heteroatoms. The smallest absolute Gasteiger partial charge is 0.198 e. The summed E-state index contributed by atoms with van der Waals surface area (Å²) in [6.45, 7) is 2.08. The predicted octanol–water partition coefficient (Wildman–Crippen LogP) is 4.95. The molecule has 0 unspecified atom stereocenters. The molecule has 1 aliphatic carbocycles. The second-order valence-corrected chi connectivity index (χ2v) is 5.84. The fourth-order valence-corrected chi connectivity index (χ4v) is 3.31. The second-order valence-electron chi connectivity index (χ2n) is 4.98. The zero-order valence-corrected chi connectivity index (χ0v) is 11.6. The van der Waals surface area contributed by atoms with Gasteiger partial charge in [-0.3, -0.25) is 0 Å². The molecule has 0 radical (unpaired) electrons. The van der Waals surface area contributed by atoms with Gasteiger partial charge < -0.3 is 4.42 Å². The zero-order valence-electron chi connectivity index (χ0n) is 10.0. The Balaban J connectivity index is 2.03. The van der Waals surface area contributed by atoms with E-state index < -0.39 is 0 Å². The van der Waals surface area contributed by atoms with Crippen LogP contribution in [0, 0.1) is 6.92 Å². The van der Waals surface area contributed by atoms with Crippen molar-refractivity contribution in [1.82, 2.24) is 4.98 Å². The number of oxazole rings is 1. The second kappa shape index (κ2) is 4.45. The van der Waals surface area contributed by atoms with Gasteiger partial charge in [-0.1, -0.05) is 19.3 Å². The van der Waals surface area contributed by atoms with Gasteiger partial charge in [0, 0.05) is 5.92 Å². The topological polar surface area (TPSA) is 26.0 Å². The number of benzene rings is 1. The first-order valence-electron chi connectivity index (χ1n) is 6.30. The van der Waals surface area contributed by atoms with E-state index in [1.807, 2.05) is 0 Å². The van der Waals surface area contributed by atoms with E-state index >= 15 is 0 Å². The highest BCUT2D eigenvalue weighted by Gasteiger charge is 2.21. The predicted molar refractivity (Wildman–Crippen MR) is 72.3 cm³/mol. The number of aryl methyl sites for hydroxylation is 1. The third-order valence-corrected chi connectivity index (χ3v) is 4.15. The number of hydrogen-bond donors (Lipinski definition) is 0. The molecule has 1 fully saturated rings. The van der Waals surface area contributed by atoms with E-state index in [0.717, 1.165) is 21.5 Å². The summed E-state index contributed by atoms with van der Waals surface area (Å²) in [5.74, 6) is 1.47. The van der Waals surface area contributed by atoms with Crippen molar-refractivity contribution in [2.24, 2.45) is 0 Å². The summed E-state index contributed by atoms with van der Waals surface area (Å²) in [6.07, 6.45) is 6.43. The van der Waals surface area contributed by atoms with Crippen molar-refractivity contribution < 1.29 is 4.42 Å². The van der Waals surface area contributed by atoms with E-state index in [9.17, 15) is 0 Å². The van der Waals surface area contributed by atoms with Crippen molar-refractivity contribution in [3.63, 3.8) is 0 Å². The van der Waals surface area contributed by atoms with E-state index in [2.05, 4.69) is 40.0 Å².